The van der Waals surface area contributed by atoms with Crippen LogP contribution in [0.1, 0.15) is 19.2 Å². The van der Waals surface area contributed by atoms with Crippen LogP contribution < -0.4 is 0 Å². The Balaban J connectivity index is 2.40. The highest BCUT2D eigenvalue weighted by atomic mass is 32.2. The van der Waals surface area contributed by atoms with E-state index in [0.717, 1.165) is 4.31 Å². The Morgan fingerprint density at radius 2 is 2.20 bits per heavy atom. The Hall–Kier alpha value is -1.45. The first kappa shape index (κ1) is 14.9. The van der Waals surface area contributed by atoms with Crippen LogP contribution in [0.4, 0.5) is 0 Å². The Bertz CT molecular complexity index is 624. The summed E-state index contributed by atoms with van der Waals surface area (Å²) in [5.41, 5.74) is 0. The third-order valence-electron chi connectivity index (χ3n) is 3.39. The van der Waals surface area contributed by atoms with Crippen molar-refractivity contribution in [2.75, 3.05) is 6.54 Å². The zero-order valence-corrected chi connectivity index (χ0v) is 12.0. The molecule has 1 aliphatic rings. The van der Waals surface area contributed by atoms with Gasteiger partial charge in [0.2, 0.25) is 0 Å². The zero-order valence-electron chi connectivity index (χ0n) is 11.2. The van der Waals surface area contributed by atoms with Crippen LogP contribution in [-0.2, 0) is 21.4 Å². The summed E-state index contributed by atoms with van der Waals surface area (Å²) in [5.74, 6) is -0.727. The predicted molar refractivity (Wildman–Crippen MR) is 68.6 cm³/mol. The average Bonchev–Trinajstić information content (AvgIpc) is 2.93. The maximum Gasteiger partial charge on any atom is 0.322 e. The maximum absolute atomic E-state index is 12.5. The minimum absolute atomic E-state index is 0.109. The molecule has 2 heterocycles. The van der Waals surface area contributed by atoms with E-state index in [-0.39, 0.29) is 18.0 Å². The Labute approximate surface area is 116 Å². The van der Waals surface area contributed by atoms with Crippen LogP contribution >= 0.6 is 0 Å². The number of imidazole rings is 1. The quantitative estimate of drug-likeness (QED) is 0.769. The molecule has 0 radical (unpaired) electrons. The van der Waals surface area contributed by atoms with Crippen LogP contribution in [-0.4, -0.2) is 57.1 Å². The molecule has 2 atom stereocenters. The molecule has 2 N–H and O–H groups in total. The van der Waals surface area contributed by atoms with Gasteiger partial charge in [-0.25, -0.2) is 13.4 Å². The summed E-state index contributed by atoms with van der Waals surface area (Å²) in [6.45, 7) is 3.87. The Morgan fingerprint density at radius 3 is 2.70 bits per heavy atom. The normalized spacial score (nSPS) is 24.1. The number of carboxylic acid groups (broad SMARTS) is 1. The molecule has 0 spiro atoms. The lowest BCUT2D eigenvalue weighted by Crippen LogP contribution is -2.40. The van der Waals surface area contributed by atoms with Gasteiger partial charge in [0, 0.05) is 25.7 Å². The van der Waals surface area contributed by atoms with Crippen molar-refractivity contribution in [3.63, 3.8) is 0 Å². The van der Waals surface area contributed by atoms with Crippen LogP contribution in [0.2, 0.25) is 0 Å². The van der Waals surface area contributed by atoms with E-state index >= 15 is 0 Å². The number of hydrogen-bond donors (Lipinski definition) is 2. The van der Waals surface area contributed by atoms with Crippen molar-refractivity contribution >= 4 is 16.0 Å². The van der Waals surface area contributed by atoms with Crippen molar-refractivity contribution in [1.29, 1.82) is 0 Å². The van der Waals surface area contributed by atoms with Gasteiger partial charge in [-0.3, -0.25) is 4.79 Å². The number of sulfonamides is 1. The first-order valence-electron chi connectivity index (χ1n) is 6.23. The highest BCUT2D eigenvalue weighted by Gasteiger charge is 2.44. The van der Waals surface area contributed by atoms with Gasteiger partial charge in [-0.2, -0.15) is 4.31 Å². The van der Waals surface area contributed by atoms with Crippen LogP contribution in [0.15, 0.2) is 11.2 Å². The molecule has 2 rings (SSSR count). The summed E-state index contributed by atoms with van der Waals surface area (Å²) in [4.78, 5) is 15.1. The minimum atomic E-state index is -4.02. The molecule has 0 bridgehead atoms. The number of aryl methyl sites for hydroxylation is 2. The topological polar surface area (TPSA) is 113 Å². The van der Waals surface area contributed by atoms with Crippen LogP contribution in [0.25, 0.3) is 0 Å². The molecule has 20 heavy (non-hydrogen) atoms. The van der Waals surface area contributed by atoms with Gasteiger partial charge in [-0.1, -0.05) is 0 Å². The molecule has 2 unspecified atom stereocenters. The second-order valence-electron chi connectivity index (χ2n) is 4.73. The summed E-state index contributed by atoms with van der Waals surface area (Å²) in [5, 5.41) is 18.4. The number of nitrogens with zero attached hydrogens (tertiary/aromatic N) is 3. The highest BCUT2D eigenvalue weighted by Crippen LogP contribution is 2.26. The fourth-order valence-corrected chi connectivity index (χ4v) is 3.95. The van der Waals surface area contributed by atoms with Gasteiger partial charge in [0.05, 0.1) is 6.10 Å². The number of aliphatic hydroxyl groups is 1. The molecule has 0 saturated carbocycles. The van der Waals surface area contributed by atoms with Crippen LogP contribution in [0, 0.1) is 6.92 Å². The molecule has 0 aromatic carbocycles. The monoisotopic (exact) mass is 303 g/mol. The minimum Gasteiger partial charge on any atom is -0.480 e. The number of rotatable bonds is 4. The first-order valence-corrected chi connectivity index (χ1v) is 7.67. The summed E-state index contributed by atoms with van der Waals surface area (Å²) in [6, 6.07) is -1.25. The van der Waals surface area contributed by atoms with E-state index in [9.17, 15) is 18.3 Å². The molecule has 9 heteroatoms. The summed E-state index contributed by atoms with van der Waals surface area (Å²) < 4.78 is 27.4. The van der Waals surface area contributed by atoms with Gasteiger partial charge in [0.15, 0.2) is 5.03 Å². The standard InChI is InChI=1S/C11H17N3O5S/c1-3-13-6-10(12-7(13)2)20(18,19)14-5-8(15)4-9(14)11(16)17/h6,8-9,15H,3-5H2,1-2H3,(H,16,17). The third kappa shape index (κ3) is 2.43. The second kappa shape index (κ2) is 5.15. The van der Waals surface area contributed by atoms with E-state index in [0.29, 0.717) is 12.4 Å². The van der Waals surface area contributed by atoms with Gasteiger partial charge >= 0.3 is 5.97 Å². The summed E-state index contributed by atoms with van der Waals surface area (Å²) >= 11 is 0. The highest BCUT2D eigenvalue weighted by molar-refractivity contribution is 7.89. The summed E-state index contributed by atoms with van der Waals surface area (Å²) in [6.07, 6.45) is 0.302. The molecular weight excluding hydrogens is 286 g/mol. The first-order chi connectivity index (χ1) is 9.27. The van der Waals surface area contributed by atoms with Crippen molar-refractivity contribution in [2.45, 2.75) is 44.0 Å². The number of carboxylic acids is 1. The molecule has 1 aromatic rings. The average molecular weight is 303 g/mol. The maximum atomic E-state index is 12.5. The summed E-state index contributed by atoms with van der Waals surface area (Å²) in [7, 11) is -4.02. The molecular formula is C11H17N3O5S. The number of hydrogen-bond acceptors (Lipinski definition) is 5. The molecule has 0 amide bonds. The van der Waals surface area contributed by atoms with Crippen LogP contribution in [0.5, 0.6) is 0 Å². The molecule has 0 aliphatic carbocycles. The number of aliphatic hydroxyl groups excluding tert-OH is 1. The van der Waals surface area contributed by atoms with E-state index in [2.05, 4.69) is 4.98 Å². The van der Waals surface area contributed by atoms with Crippen molar-refractivity contribution in [3.05, 3.63) is 12.0 Å². The molecule has 112 valence electrons. The number of aromatic nitrogens is 2. The SMILES string of the molecule is CCn1cc(S(=O)(=O)N2CC(O)CC2C(=O)O)nc1C. The smallest absolute Gasteiger partial charge is 0.322 e. The van der Waals surface area contributed by atoms with Gasteiger partial charge in [0.1, 0.15) is 11.9 Å². The van der Waals surface area contributed by atoms with Crippen molar-refractivity contribution < 1.29 is 23.4 Å². The molecule has 1 fully saturated rings. The van der Waals surface area contributed by atoms with Gasteiger partial charge in [-0.15, -0.1) is 0 Å². The van der Waals surface area contributed by atoms with E-state index < -0.39 is 28.1 Å². The van der Waals surface area contributed by atoms with Gasteiger partial charge < -0.3 is 14.8 Å². The van der Waals surface area contributed by atoms with E-state index in [1.807, 2.05) is 6.92 Å². The molecule has 1 aromatic heterocycles. The lowest BCUT2D eigenvalue weighted by Gasteiger charge is -2.19. The number of carbonyl (C=O) groups is 1. The van der Waals surface area contributed by atoms with E-state index in [4.69, 9.17) is 5.11 Å². The zero-order chi connectivity index (χ0) is 15.1. The van der Waals surface area contributed by atoms with E-state index in [1.54, 1.807) is 11.5 Å². The molecule has 1 aliphatic heterocycles. The fraction of sp³-hybridized carbons (Fsp3) is 0.636. The van der Waals surface area contributed by atoms with Gasteiger partial charge in [-0.05, 0) is 13.8 Å². The van der Waals surface area contributed by atoms with Crippen molar-refractivity contribution in [3.8, 4) is 0 Å². The Morgan fingerprint density at radius 1 is 1.55 bits per heavy atom. The molecule has 1 saturated heterocycles. The number of aliphatic carboxylic acids is 1. The Kier molecular flexibility index (Phi) is 3.85. The van der Waals surface area contributed by atoms with E-state index in [1.165, 1.54) is 6.20 Å². The van der Waals surface area contributed by atoms with Crippen molar-refractivity contribution in [2.24, 2.45) is 0 Å². The lowest BCUT2D eigenvalue weighted by molar-refractivity contribution is -0.140. The predicted octanol–water partition coefficient (Wildman–Crippen LogP) is -0.580. The second-order valence-corrected chi connectivity index (χ2v) is 6.57. The van der Waals surface area contributed by atoms with Crippen LogP contribution in [0.3, 0.4) is 0 Å². The number of β-amino-alcohol motifs (C(OH)–C–C–N with tert-alkyl or cyclic N) is 1. The van der Waals surface area contributed by atoms with Gasteiger partial charge in [0.25, 0.3) is 10.0 Å². The third-order valence-corrected chi connectivity index (χ3v) is 5.13. The fourth-order valence-electron chi connectivity index (χ4n) is 2.32. The van der Waals surface area contributed by atoms with Crippen molar-refractivity contribution in [1.82, 2.24) is 13.9 Å². The lowest BCUT2D eigenvalue weighted by atomic mass is 10.2. The molecule has 8 nitrogen and oxygen atoms in total. The largest absolute Gasteiger partial charge is 0.480 e.